The van der Waals surface area contributed by atoms with Gasteiger partial charge in [0, 0.05) is 6.42 Å². The molecular weight excluding hydrogens is 815 g/mol. The van der Waals surface area contributed by atoms with Gasteiger partial charge in [-0.3, -0.25) is 9.59 Å². The van der Waals surface area contributed by atoms with Crippen LogP contribution in [-0.2, 0) is 14.3 Å². The summed E-state index contributed by atoms with van der Waals surface area (Å²) < 4.78 is 5.89. The van der Waals surface area contributed by atoms with E-state index >= 15 is 0 Å². The van der Waals surface area contributed by atoms with Crippen molar-refractivity contribution in [3.8, 4) is 0 Å². The number of esters is 1. The first-order valence-corrected chi connectivity index (χ1v) is 26.8. The van der Waals surface area contributed by atoms with Gasteiger partial charge in [0.05, 0.1) is 25.2 Å². The number of allylic oxidation sites excluding steroid dienone is 20. The Labute approximate surface area is 406 Å². The highest BCUT2D eigenvalue weighted by atomic mass is 16.5. The van der Waals surface area contributed by atoms with Crippen molar-refractivity contribution in [1.82, 2.24) is 5.32 Å². The molecule has 0 saturated heterocycles. The van der Waals surface area contributed by atoms with Crippen LogP contribution in [0.25, 0.3) is 0 Å². The molecule has 0 spiro atoms. The summed E-state index contributed by atoms with van der Waals surface area (Å²) in [6.07, 6.45) is 72.6. The number of unbranched alkanes of at least 4 members (excludes halogenated alkanes) is 18. The number of aliphatic hydroxyl groups excluding tert-OH is 2. The van der Waals surface area contributed by atoms with E-state index in [1.165, 1.54) is 77.0 Å². The number of hydrogen-bond donors (Lipinski definition) is 3. The molecular formula is C60H99NO5. The highest BCUT2D eigenvalue weighted by molar-refractivity contribution is 5.77. The molecule has 0 rings (SSSR count). The fourth-order valence-corrected chi connectivity index (χ4v) is 7.42. The Morgan fingerprint density at radius 3 is 1.42 bits per heavy atom. The van der Waals surface area contributed by atoms with E-state index in [4.69, 9.17) is 4.74 Å². The van der Waals surface area contributed by atoms with E-state index in [-0.39, 0.29) is 24.9 Å². The normalized spacial score (nSPS) is 14.2. The Kier molecular flexibility index (Phi) is 49.3. The lowest BCUT2D eigenvalue weighted by molar-refractivity contribution is -0.151. The molecule has 0 aliphatic heterocycles. The van der Waals surface area contributed by atoms with Crippen LogP contribution in [0.4, 0.5) is 0 Å². The van der Waals surface area contributed by atoms with E-state index in [9.17, 15) is 19.8 Å². The van der Waals surface area contributed by atoms with Gasteiger partial charge in [0.1, 0.15) is 6.10 Å². The average molecular weight is 914 g/mol. The van der Waals surface area contributed by atoms with Crippen molar-refractivity contribution in [3.63, 3.8) is 0 Å². The second-order valence-electron chi connectivity index (χ2n) is 17.6. The SMILES string of the molecule is CC/C=C\C/C=C\C/C=C\C/C=C\C/C=C\CCCC(CC(=O)NC(CO)C(O)CCCCCCCCCCCCCCCCC)OC(=O)CCCCC/C=C/C=C\C=C/C=C/C=C/CC. The van der Waals surface area contributed by atoms with Crippen LogP contribution in [0.15, 0.2) is 122 Å². The van der Waals surface area contributed by atoms with Crippen LogP contribution < -0.4 is 5.32 Å². The number of rotatable bonds is 46. The third-order valence-electron chi connectivity index (χ3n) is 11.4. The first kappa shape index (κ1) is 62.3. The smallest absolute Gasteiger partial charge is 0.306 e. The number of nitrogens with one attached hydrogen (secondary N) is 1. The molecule has 374 valence electrons. The second-order valence-corrected chi connectivity index (χ2v) is 17.6. The molecule has 3 N–H and O–H groups in total. The topological polar surface area (TPSA) is 95.9 Å². The number of carbonyl (C=O) groups excluding carboxylic acids is 2. The van der Waals surface area contributed by atoms with Gasteiger partial charge in [-0.1, -0.05) is 245 Å². The lowest BCUT2D eigenvalue weighted by Crippen LogP contribution is -2.46. The minimum absolute atomic E-state index is 0.0132. The monoisotopic (exact) mass is 914 g/mol. The summed E-state index contributed by atoms with van der Waals surface area (Å²) in [6.45, 7) is 6.20. The Morgan fingerprint density at radius 2 is 0.909 bits per heavy atom. The van der Waals surface area contributed by atoms with Gasteiger partial charge in [0.25, 0.3) is 0 Å². The lowest BCUT2D eigenvalue weighted by atomic mass is 10.0. The van der Waals surface area contributed by atoms with Gasteiger partial charge in [0.15, 0.2) is 0 Å². The third-order valence-corrected chi connectivity index (χ3v) is 11.4. The minimum Gasteiger partial charge on any atom is -0.462 e. The quantitative estimate of drug-likeness (QED) is 0.0245. The van der Waals surface area contributed by atoms with Crippen LogP contribution in [-0.4, -0.2) is 46.9 Å². The summed E-state index contributed by atoms with van der Waals surface area (Å²) in [4.78, 5) is 26.2. The molecule has 66 heavy (non-hydrogen) atoms. The fraction of sp³-hybridized carbons (Fsp3) is 0.633. The maximum absolute atomic E-state index is 13.2. The van der Waals surface area contributed by atoms with Gasteiger partial charge < -0.3 is 20.3 Å². The van der Waals surface area contributed by atoms with Crippen molar-refractivity contribution < 1.29 is 24.5 Å². The molecule has 1 amide bonds. The third kappa shape index (κ3) is 46.8. The number of aliphatic hydroxyl groups is 2. The summed E-state index contributed by atoms with van der Waals surface area (Å²) >= 11 is 0. The van der Waals surface area contributed by atoms with Gasteiger partial charge in [0.2, 0.25) is 5.91 Å². The molecule has 3 atom stereocenters. The van der Waals surface area contributed by atoms with Gasteiger partial charge in [-0.2, -0.15) is 0 Å². The molecule has 0 heterocycles. The van der Waals surface area contributed by atoms with Gasteiger partial charge in [-0.25, -0.2) is 0 Å². The largest absolute Gasteiger partial charge is 0.462 e. The Balaban J connectivity index is 4.78. The summed E-state index contributed by atoms with van der Waals surface area (Å²) in [7, 11) is 0. The zero-order chi connectivity index (χ0) is 48.1. The zero-order valence-electron chi connectivity index (χ0n) is 42.5. The van der Waals surface area contributed by atoms with Crippen molar-refractivity contribution in [2.24, 2.45) is 0 Å². The molecule has 0 fully saturated rings. The highest BCUT2D eigenvalue weighted by Gasteiger charge is 2.24. The van der Waals surface area contributed by atoms with Gasteiger partial charge in [-0.05, 0) is 83.5 Å². The summed E-state index contributed by atoms with van der Waals surface area (Å²) in [5, 5.41) is 23.8. The standard InChI is InChI=1S/C60H99NO5/c1-4-7-10-13-16-19-22-25-28-29-32-33-36-39-42-45-48-51-56(66-60(65)53-50-47-44-41-38-35-31-27-24-21-18-15-12-9-6-3)54-59(64)61-57(55-62)58(63)52-49-46-43-40-37-34-30-26-23-20-17-14-11-8-5-2/h7,9-10,12,15-16,18-19,21,24-25,27-28,31-33,35,38-39,42,56-58,62-63H,4-6,8,11,13-14,17,20,22-23,26,29-30,34,36-37,40-41,43-55H2,1-3H3,(H,61,64)/b10-7-,12-9+,18-15+,19-16-,24-21-,28-25-,31-27-,33-32-,38-35+,42-39-. The fourth-order valence-electron chi connectivity index (χ4n) is 7.42. The van der Waals surface area contributed by atoms with Crippen molar-refractivity contribution in [3.05, 3.63) is 122 Å². The second kappa shape index (κ2) is 52.2. The lowest BCUT2D eigenvalue weighted by Gasteiger charge is -2.24. The van der Waals surface area contributed by atoms with Crippen LogP contribution in [0.1, 0.15) is 220 Å². The van der Waals surface area contributed by atoms with E-state index in [1.54, 1.807) is 0 Å². The first-order chi connectivity index (χ1) is 32.5. The zero-order valence-corrected chi connectivity index (χ0v) is 42.5. The van der Waals surface area contributed by atoms with E-state index in [0.29, 0.717) is 19.3 Å². The molecule has 0 radical (unpaired) electrons. The van der Waals surface area contributed by atoms with E-state index in [2.05, 4.69) is 105 Å². The maximum Gasteiger partial charge on any atom is 0.306 e. The summed E-state index contributed by atoms with van der Waals surface area (Å²) in [5.74, 6) is -0.590. The first-order valence-electron chi connectivity index (χ1n) is 26.8. The Morgan fingerprint density at radius 1 is 0.470 bits per heavy atom. The highest BCUT2D eigenvalue weighted by Crippen LogP contribution is 2.17. The molecule has 0 aromatic rings. The van der Waals surface area contributed by atoms with Gasteiger partial charge in [-0.15, -0.1) is 0 Å². The van der Waals surface area contributed by atoms with Crippen molar-refractivity contribution >= 4 is 11.9 Å². The van der Waals surface area contributed by atoms with Crippen molar-refractivity contribution in [2.45, 2.75) is 238 Å². The van der Waals surface area contributed by atoms with E-state index in [1.807, 2.05) is 42.5 Å². The van der Waals surface area contributed by atoms with Gasteiger partial charge >= 0.3 is 5.97 Å². The molecule has 0 aromatic carbocycles. The molecule has 0 aromatic heterocycles. The van der Waals surface area contributed by atoms with E-state index < -0.39 is 18.2 Å². The number of ether oxygens (including phenoxy) is 1. The molecule has 0 aliphatic carbocycles. The molecule has 0 saturated carbocycles. The molecule has 3 unspecified atom stereocenters. The summed E-state index contributed by atoms with van der Waals surface area (Å²) in [6, 6.07) is -0.738. The number of carbonyl (C=O) groups is 2. The predicted molar refractivity (Wildman–Crippen MR) is 286 cm³/mol. The van der Waals surface area contributed by atoms with Crippen LogP contribution in [0.5, 0.6) is 0 Å². The van der Waals surface area contributed by atoms with Crippen molar-refractivity contribution in [2.75, 3.05) is 6.61 Å². The van der Waals surface area contributed by atoms with E-state index in [0.717, 1.165) is 96.3 Å². The predicted octanol–water partition coefficient (Wildman–Crippen LogP) is 16.5. The molecule has 0 bridgehead atoms. The maximum atomic E-state index is 13.2. The molecule has 0 aliphatic rings. The van der Waals surface area contributed by atoms with Crippen LogP contribution >= 0.6 is 0 Å². The molecule has 6 nitrogen and oxygen atoms in total. The minimum atomic E-state index is -0.819. The summed E-state index contributed by atoms with van der Waals surface area (Å²) in [5.41, 5.74) is 0. The Bertz CT molecular complexity index is 1390. The van der Waals surface area contributed by atoms with Crippen molar-refractivity contribution in [1.29, 1.82) is 0 Å². The number of amides is 1. The number of hydrogen-bond acceptors (Lipinski definition) is 5. The molecule has 6 heteroatoms. The van der Waals surface area contributed by atoms with Crippen LogP contribution in [0.2, 0.25) is 0 Å². The van der Waals surface area contributed by atoms with Crippen LogP contribution in [0, 0.1) is 0 Å². The average Bonchev–Trinajstić information content (AvgIpc) is 3.31. The Hall–Kier alpha value is -3.74. The van der Waals surface area contributed by atoms with Crippen LogP contribution in [0.3, 0.4) is 0 Å².